The highest BCUT2D eigenvalue weighted by molar-refractivity contribution is 5.62. The fourth-order valence-corrected chi connectivity index (χ4v) is 3.70. The largest absolute Gasteiger partial charge is 0.489 e. The molecule has 2 aliphatic rings. The maximum atomic E-state index is 5.88. The summed E-state index contributed by atoms with van der Waals surface area (Å²) in [4.78, 5) is 4.60. The topological polar surface area (TPSA) is 48.3 Å². The average Bonchev–Trinajstić information content (AvgIpc) is 3.08. The molecular weight excluding hydrogens is 314 g/mol. The van der Waals surface area contributed by atoms with E-state index in [2.05, 4.69) is 34.1 Å². The molecule has 0 saturated carbocycles. The molecule has 1 aromatic carbocycles. The van der Waals surface area contributed by atoms with Gasteiger partial charge in [-0.15, -0.1) is 0 Å². The van der Waals surface area contributed by atoms with Crippen LogP contribution in [0.15, 0.2) is 42.2 Å². The minimum atomic E-state index is 0.238. The number of benzene rings is 1. The van der Waals surface area contributed by atoms with Crippen LogP contribution in [0.1, 0.15) is 30.3 Å². The molecule has 0 spiro atoms. The molecule has 5 heteroatoms. The van der Waals surface area contributed by atoms with Gasteiger partial charge in [-0.2, -0.15) is 0 Å². The molecule has 132 valence electrons. The van der Waals surface area contributed by atoms with Crippen LogP contribution in [0.5, 0.6) is 5.75 Å². The number of ether oxygens (including phenoxy) is 2. The van der Waals surface area contributed by atoms with E-state index in [9.17, 15) is 0 Å². The van der Waals surface area contributed by atoms with Crippen LogP contribution in [-0.2, 0) is 11.8 Å². The molecule has 1 saturated heterocycles. The molecule has 4 rings (SSSR count). The highest BCUT2D eigenvalue weighted by Gasteiger charge is 2.28. The summed E-state index contributed by atoms with van der Waals surface area (Å²) >= 11 is 0. The molecule has 0 aliphatic carbocycles. The number of rotatable bonds is 5. The number of nitrogens with zero attached hydrogens (tertiary/aromatic N) is 2. The summed E-state index contributed by atoms with van der Waals surface area (Å²) in [5.41, 5.74) is 2.43. The predicted molar refractivity (Wildman–Crippen MR) is 97.4 cm³/mol. The Kier molecular flexibility index (Phi) is 4.85. The van der Waals surface area contributed by atoms with Gasteiger partial charge >= 0.3 is 0 Å². The molecule has 5 nitrogen and oxygen atoms in total. The van der Waals surface area contributed by atoms with Crippen molar-refractivity contribution < 1.29 is 9.47 Å². The van der Waals surface area contributed by atoms with Crippen LogP contribution in [-0.4, -0.2) is 35.9 Å². The molecule has 2 aliphatic heterocycles. The van der Waals surface area contributed by atoms with Crippen LogP contribution in [0.25, 0.3) is 6.08 Å². The highest BCUT2D eigenvalue weighted by Crippen LogP contribution is 2.30. The lowest BCUT2D eigenvalue weighted by Gasteiger charge is -2.31. The van der Waals surface area contributed by atoms with E-state index in [0.29, 0.717) is 12.5 Å². The van der Waals surface area contributed by atoms with E-state index in [1.54, 1.807) is 0 Å². The van der Waals surface area contributed by atoms with Gasteiger partial charge in [-0.3, -0.25) is 0 Å². The van der Waals surface area contributed by atoms with Crippen LogP contribution in [0.3, 0.4) is 0 Å². The summed E-state index contributed by atoms with van der Waals surface area (Å²) in [6.45, 7) is 3.13. The Balaban J connectivity index is 1.50. The lowest BCUT2D eigenvalue weighted by molar-refractivity contribution is 0.0524. The first-order chi connectivity index (χ1) is 12.3. The third kappa shape index (κ3) is 3.62. The summed E-state index contributed by atoms with van der Waals surface area (Å²) in [5.74, 6) is 2.62. The number of hydrogen-bond donors (Lipinski definition) is 1. The van der Waals surface area contributed by atoms with Crippen molar-refractivity contribution in [2.24, 2.45) is 13.0 Å². The number of hydrogen-bond acceptors (Lipinski definition) is 4. The Morgan fingerprint density at radius 3 is 2.92 bits per heavy atom. The summed E-state index contributed by atoms with van der Waals surface area (Å²) in [6.07, 6.45) is 8.28. The van der Waals surface area contributed by atoms with Gasteiger partial charge in [-0.05, 0) is 36.5 Å². The number of para-hydroxylation sites is 1. The third-order valence-electron chi connectivity index (χ3n) is 5.11. The van der Waals surface area contributed by atoms with Gasteiger partial charge in [-0.25, -0.2) is 4.98 Å². The van der Waals surface area contributed by atoms with Gasteiger partial charge < -0.3 is 19.4 Å². The van der Waals surface area contributed by atoms with Crippen molar-refractivity contribution in [2.75, 3.05) is 26.4 Å². The maximum absolute atomic E-state index is 5.88. The zero-order valence-corrected chi connectivity index (χ0v) is 14.6. The number of nitrogens with one attached hydrogen (secondary N) is 1. The van der Waals surface area contributed by atoms with Gasteiger partial charge in [0.1, 0.15) is 18.2 Å². The van der Waals surface area contributed by atoms with Gasteiger partial charge in [0.15, 0.2) is 0 Å². The van der Waals surface area contributed by atoms with Crippen LogP contribution in [0.2, 0.25) is 0 Å². The molecule has 0 bridgehead atoms. The van der Waals surface area contributed by atoms with Crippen LogP contribution in [0.4, 0.5) is 0 Å². The molecule has 0 amide bonds. The zero-order chi connectivity index (χ0) is 17.1. The van der Waals surface area contributed by atoms with E-state index in [0.717, 1.165) is 49.7 Å². The third-order valence-corrected chi connectivity index (χ3v) is 5.11. The molecule has 0 radical (unpaired) electrons. The molecule has 1 unspecified atom stereocenters. The van der Waals surface area contributed by atoms with Crippen LogP contribution >= 0.6 is 0 Å². The SMILES string of the molecule is Cn1ccnc1C(NCC1=Cc2ccccc2OC1)C1CCOCC1. The standard InChI is InChI=1S/C20H25N3O2/c1-23-9-8-21-20(23)19(16-6-10-24-11-7-16)22-13-15-12-17-4-2-3-5-18(17)25-14-15/h2-5,8-9,12,16,19,22H,6-7,10-11,13-14H2,1H3. The fraction of sp³-hybridized carbons (Fsp3) is 0.450. The van der Waals surface area contributed by atoms with E-state index in [4.69, 9.17) is 9.47 Å². The van der Waals surface area contributed by atoms with Gasteiger partial charge in [0.2, 0.25) is 0 Å². The molecule has 1 fully saturated rings. The maximum Gasteiger partial charge on any atom is 0.127 e. The smallest absolute Gasteiger partial charge is 0.127 e. The quantitative estimate of drug-likeness (QED) is 0.910. The van der Waals surface area contributed by atoms with E-state index in [-0.39, 0.29) is 6.04 Å². The number of fused-ring (bicyclic) bond motifs is 1. The van der Waals surface area contributed by atoms with E-state index < -0.39 is 0 Å². The summed E-state index contributed by atoms with van der Waals surface area (Å²) in [7, 11) is 2.07. The second kappa shape index (κ2) is 7.42. The lowest BCUT2D eigenvalue weighted by Crippen LogP contribution is -2.35. The second-order valence-corrected chi connectivity index (χ2v) is 6.83. The first-order valence-electron chi connectivity index (χ1n) is 9.01. The Morgan fingerprint density at radius 1 is 1.28 bits per heavy atom. The van der Waals surface area contributed by atoms with Crippen molar-refractivity contribution in [1.82, 2.24) is 14.9 Å². The molecule has 1 atom stereocenters. The Labute approximate surface area is 148 Å². The number of imidazole rings is 1. The fourth-order valence-electron chi connectivity index (χ4n) is 3.70. The van der Waals surface area contributed by atoms with Crippen molar-refractivity contribution in [3.05, 3.63) is 53.6 Å². The van der Waals surface area contributed by atoms with Gasteiger partial charge in [0.25, 0.3) is 0 Å². The molecular formula is C20H25N3O2. The highest BCUT2D eigenvalue weighted by atomic mass is 16.5. The predicted octanol–water partition coefficient (Wildman–Crippen LogP) is 2.95. The van der Waals surface area contributed by atoms with Crippen molar-refractivity contribution >= 4 is 6.08 Å². The Bertz CT molecular complexity index is 747. The number of aryl methyl sites for hydroxylation is 1. The first kappa shape index (κ1) is 16.4. The summed E-state index contributed by atoms with van der Waals surface area (Å²) < 4.78 is 13.5. The molecule has 3 heterocycles. The van der Waals surface area contributed by atoms with Crippen LogP contribution < -0.4 is 10.1 Å². The lowest BCUT2D eigenvalue weighted by atomic mass is 9.90. The second-order valence-electron chi connectivity index (χ2n) is 6.83. The molecule has 1 N–H and O–H groups in total. The molecule has 1 aromatic heterocycles. The Hall–Kier alpha value is -2.11. The minimum Gasteiger partial charge on any atom is -0.489 e. The zero-order valence-electron chi connectivity index (χ0n) is 14.6. The van der Waals surface area contributed by atoms with Crippen molar-refractivity contribution in [3.8, 4) is 5.75 Å². The van der Waals surface area contributed by atoms with Crippen molar-refractivity contribution in [1.29, 1.82) is 0 Å². The summed E-state index contributed by atoms with van der Waals surface area (Å²) in [6, 6.07) is 8.42. The van der Waals surface area contributed by atoms with E-state index in [1.807, 2.05) is 30.6 Å². The monoisotopic (exact) mass is 339 g/mol. The molecule has 25 heavy (non-hydrogen) atoms. The first-order valence-corrected chi connectivity index (χ1v) is 9.01. The average molecular weight is 339 g/mol. The Morgan fingerprint density at radius 2 is 2.12 bits per heavy atom. The minimum absolute atomic E-state index is 0.238. The van der Waals surface area contributed by atoms with E-state index in [1.165, 1.54) is 5.57 Å². The van der Waals surface area contributed by atoms with Crippen molar-refractivity contribution in [3.63, 3.8) is 0 Å². The van der Waals surface area contributed by atoms with E-state index >= 15 is 0 Å². The van der Waals surface area contributed by atoms with Gasteiger partial charge in [0, 0.05) is 44.8 Å². The van der Waals surface area contributed by atoms with Crippen molar-refractivity contribution in [2.45, 2.75) is 18.9 Å². The number of aromatic nitrogens is 2. The summed E-state index contributed by atoms with van der Waals surface area (Å²) in [5, 5.41) is 3.75. The van der Waals surface area contributed by atoms with Gasteiger partial charge in [0.05, 0.1) is 6.04 Å². The normalized spacial score (nSPS) is 19.0. The molecule has 2 aromatic rings. The van der Waals surface area contributed by atoms with Crippen LogP contribution in [0, 0.1) is 5.92 Å². The van der Waals surface area contributed by atoms with Gasteiger partial charge in [-0.1, -0.05) is 18.2 Å².